The predicted molar refractivity (Wildman–Crippen MR) is 239 cm³/mol. The third-order valence-electron chi connectivity index (χ3n) is 9.43. The highest BCUT2D eigenvalue weighted by atomic mass is 31.2. The van der Waals surface area contributed by atoms with E-state index in [0.29, 0.717) is 6.42 Å². The van der Waals surface area contributed by atoms with Gasteiger partial charge >= 0.3 is 19.8 Å². The average molecular weight is 819 g/mol. The van der Waals surface area contributed by atoms with Gasteiger partial charge in [0.05, 0.1) is 6.61 Å². The molecule has 0 fully saturated rings. The zero-order chi connectivity index (χ0) is 41.8. The molecular weight excluding hydrogens is 735 g/mol. The monoisotopic (exact) mass is 819 g/mol. The number of esters is 2. The van der Waals surface area contributed by atoms with E-state index in [-0.39, 0.29) is 25.4 Å². The predicted octanol–water partition coefficient (Wildman–Crippen LogP) is 14.5. The maximum Gasteiger partial charge on any atom is 0.472 e. The van der Waals surface area contributed by atoms with Crippen molar-refractivity contribution < 1.29 is 37.6 Å². The number of carbonyl (C=O) groups excluding carboxylic acids is 2. The summed E-state index contributed by atoms with van der Waals surface area (Å²) in [7, 11) is -3.21. The third-order valence-corrected chi connectivity index (χ3v) is 10.4. The van der Waals surface area contributed by atoms with Crippen LogP contribution < -0.4 is 0 Å². The summed E-state index contributed by atoms with van der Waals surface area (Å²) in [5.74, 6) is -0.827. The van der Waals surface area contributed by atoms with Crippen molar-refractivity contribution in [1.82, 2.24) is 0 Å². The van der Waals surface area contributed by atoms with E-state index < -0.39 is 26.5 Å². The molecule has 0 radical (unpaired) electrons. The number of rotatable bonds is 41. The van der Waals surface area contributed by atoms with Gasteiger partial charge in [-0.25, -0.2) is 4.57 Å². The number of ether oxygens (including phenoxy) is 2. The molecule has 0 spiro atoms. The van der Waals surface area contributed by atoms with Crippen LogP contribution in [0.15, 0.2) is 72.9 Å². The molecule has 9 heteroatoms. The van der Waals surface area contributed by atoms with E-state index in [1.165, 1.54) is 64.2 Å². The quantitative estimate of drug-likeness (QED) is 0.0281. The van der Waals surface area contributed by atoms with E-state index in [1.807, 2.05) is 0 Å². The number of hydrogen-bond donors (Lipinski definition) is 1. The molecule has 2 atom stereocenters. The van der Waals surface area contributed by atoms with E-state index in [4.69, 9.17) is 14.0 Å². The van der Waals surface area contributed by atoms with E-state index in [0.717, 1.165) is 103 Å². The van der Waals surface area contributed by atoms with Crippen LogP contribution in [0.5, 0.6) is 0 Å². The van der Waals surface area contributed by atoms with Crippen molar-refractivity contribution in [2.24, 2.45) is 0 Å². The molecule has 0 rings (SSSR count). The van der Waals surface area contributed by atoms with Crippen LogP contribution in [0.1, 0.15) is 194 Å². The molecule has 2 unspecified atom stereocenters. The zero-order valence-electron chi connectivity index (χ0n) is 36.5. The van der Waals surface area contributed by atoms with Crippen molar-refractivity contribution in [2.45, 2.75) is 200 Å². The lowest BCUT2D eigenvalue weighted by molar-refractivity contribution is -0.161. The summed E-state index contributed by atoms with van der Waals surface area (Å²) in [6.45, 7) is 3.74. The number of hydrogen-bond acceptors (Lipinski definition) is 7. The average Bonchev–Trinajstić information content (AvgIpc) is 3.20. The van der Waals surface area contributed by atoms with Gasteiger partial charge in [-0.3, -0.25) is 18.6 Å². The molecule has 0 aromatic heterocycles. The minimum Gasteiger partial charge on any atom is -0.462 e. The van der Waals surface area contributed by atoms with Crippen LogP contribution in [-0.2, 0) is 32.7 Å². The summed E-state index contributed by atoms with van der Waals surface area (Å²) in [5, 5.41) is 0. The maximum absolute atomic E-state index is 12.5. The summed E-state index contributed by atoms with van der Waals surface area (Å²) in [6, 6.07) is 0. The van der Waals surface area contributed by atoms with Crippen LogP contribution in [-0.4, -0.2) is 43.3 Å². The lowest BCUT2D eigenvalue weighted by Gasteiger charge is -2.19. The van der Waals surface area contributed by atoms with Gasteiger partial charge in [0.1, 0.15) is 6.61 Å². The van der Waals surface area contributed by atoms with Gasteiger partial charge in [0.15, 0.2) is 6.10 Å². The number of phosphoric ester groups is 1. The van der Waals surface area contributed by atoms with Gasteiger partial charge < -0.3 is 14.4 Å². The number of allylic oxidation sites excluding steroid dienone is 12. The maximum atomic E-state index is 12.5. The minimum atomic E-state index is -4.27. The van der Waals surface area contributed by atoms with Crippen LogP contribution in [0.4, 0.5) is 0 Å². The molecule has 57 heavy (non-hydrogen) atoms. The molecule has 8 nitrogen and oxygen atoms in total. The van der Waals surface area contributed by atoms with Crippen molar-refractivity contribution in [2.75, 3.05) is 20.3 Å². The first kappa shape index (κ1) is 54.5. The Kier molecular flexibility index (Phi) is 41.2. The van der Waals surface area contributed by atoms with Gasteiger partial charge in [-0.05, 0) is 83.5 Å². The molecule has 0 saturated carbocycles. The van der Waals surface area contributed by atoms with Gasteiger partial charge in [-0.15, -0.1) is 0 Å². The fourth-order valence-electron chi connectivity index (χ4n) is 5.97. The lowest BCUT2D eigenvalue weighted by Crippen LogP contribution is -2.29. The Balaban J connectivity index is 3.99. The van der Waals surface area contributed by atoms with Crippen molar-refractivity contribution in [1.29, 1.82) is 0 Å². The van der Waals surface area contributed by atoms with Crippen LogP contribution >= 0.6 is 7.82 Å². The number of phosphoric acid groups is 1. The van der Waals surface area contributed by atoms with Gasteiger partial charge in [-0.1, -0.05) is 170 Å². The van der Waals surface area contributed by atoms with Crippen LogP contribution in [0.3, 0.4) is 0 Å². The lowest BCUT2D eigenvalue weighted by atomic mass is 10.0. The van der Waals surface area contributed by atoms with Crippen molar-refractivity contribution in [3.63, 3.8) is 0 Å². The van der Waals surface area contributed by atoms with E-state index in [2.05, 4.69) is 91.3 Å². The Bertz CT molecular complexity index is 1160. The highest BCUT2D eigenvalue weighted by Gasteiger charge is 2.24. The Morgan fingerprint density at radius 2 is 0.895 bits per heavy atom. The molecule has 0 aromatic carbocycles. The molecule has 0 heterocycles. The molecule has 0 aliphatic carbocycles. The molecule has 0 amide bonds. The Labute approximate surface area is 349 Å². The third kappa shape index (κ3) is 42.9. The molecule has 0 aliphatic heterocycles. The van der Waals surface area contributed by atoms with E-state index in [9.17, 15) is 19.0 Å². The minimum absolute atomic E-state index is 0.233. The summed E-state index contributed by atoms with van der Waals surface area (Å²) < 4.78 is 32.0. The van der Waals surface area contributed by atoms with E-state index in [1.54, 1.807) is 0 Å². The summed E-state index contributed by atoms with van der Waals surface area (Å²) in [5.41, 5.74) is 0. The van der Waals surface area contributed by atoms with Crippen LogP contribution in [0.25, 0.3) is 0 Å². The van der Waals surface area contributed by atoms with E-state index >= 15 is 0 Å². The molecule has 0 aromatic rings. The highest BCUT2D eigenvalue weighted by Crippen LogP contribution is 2.42. The second-order valence-corrected chi connectivity index (χ2v) is 16.4. The second kappa shape index (κ2) is 43.1. The van der Waals surface area contributed by atoms with Gasteiger partial charge in [-0.2, -0.15) is 0 Å². The summed E-state index contributed by atoms with van der Waals surface area (Å²) >= 11 is 0. The molecule has 0 saturated heterocycles. The van der Waals surface area contributed by atoms with Crippen LogP contribution in [0, 0.1) is 0 Å². The second-order valence-electron chi connectivity index (χ2n) is 14.8. The first-order chi connectivity index (χ1) is 27.8. The molecule has 1 N–H and O–H groups in total. The first-order valence-electron chi connectivity index (χ1n) is 22.6. The van der Waals surface area contributed by atoms with Crippen molar-refractivity contribution in [3.8, 4) is 0 Å². The zero-order valence-corrected chi connectivity index (χ0v) is 37.4. The number of unbranched alkanes of at least 4 members (excludes halogenated alkanes) is 18. The number of carbonyl (C=O) groups is 2. The standard InChI is InChI=1S/C48H83O8P/c1-4-6-8-10-12-14-16-18-20-21-22-23-24-25-26-27-29-31-33-35-37-39-41-43-48(50)56-46(45-55-57(51,52)53-3)44-54-47(49)42-40-38-36-34-32-30-28-19-17-15-13-11-9-7-5-2/h6,8,12-15,18-20,22-23,28,46H,4-5,7,9-11,16-17,21,24-27,29-45H2,1-3H3,(H,51,52)/b8-6-,14-12-,15-13-,20-18-,23-22-,28-19-. The largest absolute Gasteiger partial charge is 0.472 e. The van der Waals surface area contributed by atoms with Gasteiger partial charge in [0.2, 0.25) is 0 Å². The SMILES string of the molecule is CC/C=C\C/C=C\C/C=C\C/C=C\CCCCCCCCCCCCC(=O)OC(COC(=O)CCCCCCC/C=C\C/C=C\CCCCC)COP(=O)(O)OC. The fourth-order valence-corrected chi connectivity index (χ4v) is 6.43. The highest BCUT2D eigenvalue weighted by molar-refractivity contribution is 7.47. The van der Waals surface area contributed by atoms with Gasteiger partial charge in [0, 0.05) is 20.0 Å². The molecule has 0 aliphatic rings. The summed E-state index contributed by atoms with van der Waals surface area (Å²) in [6.07, 6.45) is 55.2. The van der Waals surface area contributed by atoms with Gasteiger partial charge in [0.25, 0.3) is 0 Å². The molecular formula is C48H83O8P. The smallest absolute Gasteiger partial charge is 0.462 e. The van der Waals surface area contributed by atoms with Crippen molar-refractivity contribution in [3.05, 3.63) is 72.9 Å². The molecule has 328 valence electrons. The normalized spacial score (nSPS) is 14.0. The Hall–Kier alpha value is -2.51. The van der Waals surface area contributed by atoms with Crippen molar-refractivity contribution >= 4 is 19.8 Å². The topological polar surface area (TPSA) is 108 Å². The Morgan fingerprint density at radius 3 is 1.33 bits per heavy atom. The fraction of sp³-hybridized carbons (Fsp3) is 0.708. The Morgan fingerprint density at radius 1 is 0.509 bits per heavy atom. The summed E-state index contributed by atoms with van der Waals surface area (Å²) in [4.78, 5) is 34.5. The molecule has 0 bridgehead atoms. The van der Waals surface area contributed by atoms with Crippen LogP contribution in [0.2, 0.25) is 0 Å². The first-order valence-corrected chi connectivity index (χ1v) is 24.1.